The molecule has 16 heavy (non-hydrogen) atoms. The molecule has 0 aliphatic carbocycles. The first-order valence-corrected chi connectivity index (χ1v) is 5.07. The van der Waals surface area contributed by atoms with Gasteiger partial charge in [-0.25, -0.2) is 0 Å². The van der Waals surface area contributed by atoms with Crippen molar-refractivity contribution in [1.82, 2.24) is 9.88 Å². The van der Waals surface area contributed by atoms with E-state index in [0.717, 1.165) is 18.7 Å². The summed E-state index contributed by atoms with van der Waals surface area (Å²) in [7, 11) is 0. The summed E-state index contributed by atoms with van der Waals surface area (Å²) in [5.74, 6) is 0. The third-order valence-electron chi connectivity index (χ3n) is 2.01. The molecule has 0 radical (unpaired) electrons. The summed E-state index contributed by atoms with van der Waals surface area (Å²) in [5.41, 5.74) is 1.05. The topological polar surface area (TPSA) is 26.2 Å². The molecule has 3 nitrogen and oxygen atoms in total. The minimum atomic E-state index is -4.54. The number of nitrogens with one attached hydrogen (secondary N) is 1. The summed E-state index contributed by atoms with van der Waals surface area (Å²) in [6, 6.07) is 1.87. The predicted octanol–water partition coefficient (Wildman–Crippen LogP) is 2.13. The Labute approximate surface area is 92.2 Å². The Balaban J connectivity index is 2.29. The Hall–Kier alpha value is -1.01. The first-order valence-electron chi connectivity index (χ1n) is 5.07. The third kappa shape index (κ3) is 5.18. The van der Waals surface area contributed by atoms with Crippen molar-refractivity contribution in [3.8, 4) is 0 Å². The molecule has 1 aromatic rings. The molecule has 0 aromatic carbocycles. The van der Waals surface area contributed by atoms with Crippen molar-refractivity contribution in [1.29, 1.82) is 0 Å². The largest absolute Gasteiger partial charge is 0.522 e. The molecular formula is C10H15F3N2O. The molecule has 1 heterocycles. The quantitative estimate of drug-likeness (QED) is 0.819. The fourth-order valence-corrected chi connectivity index (χ4v) is 1.27. The van der Waals surface area contributed by atoms with Crippen LogP contribution in [0.3, 0.4) is 0 Å². The molecule has 0 saturated heterocycles. The molecule has 0 saturated carbocycles. The predicted molar refractivity (Wildman–Crippen MR) is 53.8 cm³/mol. The highest BCUT2D eigenvalue weighted by molar-refractivity contribution is 5.09. The van der Waals surface area contributed by atoms with Crippen LogP contribution in [0.5, 0.6) is 0 Å². The van der Waals surface area contributed by atoms with Crippen LogP contribution < -0.4 is 5.32 Å². The zero-order valence-electron chi connectivity index (χ0n) is 9.05. The molecule has 0 bridgehead atoms. The highest BCUT2D eigenvalue weighted by Crippen LogP contribution is 2.15. The van der Waals surface area contributed by atoms with Gasteiger partial charge in [0.05, 0.1) is 6.61 Å². The Bertz CT molecular complexity index is 309. The number of halogens is 3. The normalized spacial score (nSPS) is 12.0. The van der Waals surface area contributed by atoms with Gasteiger partial charge in [0.1, 0.15) is 0 Å². The van der Waals surface area contributed by atoms with E-state index in [1.165, 1.54) is 0 Å². The van der Waals surface area contributed by atoms with Crippen LogP contribution in [0, 0.1) is 0 Å². The molecule has 6 heteroatoms. The molecular weight excluding hydrogens is 221 g/mol. The first kappa shape index (κ1) is 13.1. The zero-order chi connectivity index (χ0) is 12.0. The highest BCUT2D eigenvalue weighted by atomic mass is 19.4. The lowest BCUT2D eigenvalue weighted by molar-refractivity contribution is -0.325. The van der Waals surface area contributed by atoms with Gasteiger partial charge in [0.25, 0.3) is 0 Å². The summed E-state index contributed by atoms with van der Waals surface area (Å²) >= 11 is 0. The van der Waals surface area contributed by atoms with E-state index in [4.69, 9.17) is 0 Å². The smallest absolute Gasteiger partial charge is 0.352 e. The van der Waals surface area contributed by atoms with Gasteiger partial charge in [-0.3, -0.25) is 4.74 Å². The van der Waals surface area contributed by atoms with E-state index in [1.807, 2.05) is 19.2 Å². The monoisotopic (exact) mass is 236 g/mol. The van der Waals surface area contributed by atoms with Gasteiger partial charge in [-0.05, 0) is 18.2 Å². The van der Waals surface area contributed by atoms with E-state index in [9.17, 15) is 13.2 Å². The van der Waals surface area contributed by atoms with Crippen LogP contribution in [0.15, 0.2) is 18.5 Å². The van der Waals surface area contributed by atoms with Gasteiger partial charge in [0.2, 0.25) is 0 Å². The number of nitrogens with zero attached hydrogens (tertiary/aromatic N) is 1. The van der Waals surface area contributed by atoms with E-state index in [1.54, 1.807) is 10.8 Å². The summed E-state index contributed by atoms with van der Waals surface area (Å²) in [4.78, 5) is 0. The maximum absolute atomic E-state index is 11.7. The first-order chi connectivity index (χ1) is 7.51. The van der Waals surface area contributed by atoms with Gasteiger partial charge in [-0.1, -0.05) is 6.92 Å². The molecule has 0 atom stereocenters. The zero-order valence-corrected chi connectivity index (χ0v) is 9.05. The van der Waals surface area contributed by atoms with E-state index >= 15 is 0 Å². The van der Waals surface area contributed by atoms with Crippen LogP contribution in [0.1, 0.15) is 12.5 Å². The maximum atomic E-state index is 11.7. The van der Waals surface area contributed by atoms with E-state index in [0.29, 0.717) is 0 Å². The number of hydrogen-bond donors (Lipinski definition) is 1. The fourth-order valence-electron chi connectivity index (χ4n) is 1.27. The molecule has 0 aliphatic rings. The third-order valence-corrected chi connectivity index (χ3v) is 2.01. The number of alkyl halides is 3. The van der Waals surface area contributed by atoms with Crippen LogP contribution in [0.25, 0.3) is 0 Å². The van der Waals surface area contributed by atoms with Crippen LogP contribution in [-0.4, -0.2) is 24.1 Å². The molecule has 1 N–H and O–H groups in total. The average Bonchev–Trinajstić information content (AvgIpc) is 2.61. The summed E-state index contributed by atoms with van der Waals surface area (Å²) < 4.78 is 40.4. The van der Waals surface area contributed by atoms with Crippen LogP contribution >= 0.6 is 0 Å². The van der Waals surface area contributed by atoms with Crippen molar-refractivity contribution in [2.75, 3.05) is 13.2 Å². The lowest BCUT2D eigenvalue weighted by Gasteiger charge is -2.07. The number of aromatic nitrogens is 1. The van der Waals surface area contributed by atoms with Gasteiger partial charge in [0.15, 0.2) is 0 Å². The maximum Gasteiger partial charge on any atom is 0.522 e. The second kappa shape index (κ2) is 5.91. The lowest BCUT2D eigenvalue weighted by atomic mass is 10.3. The van der Waals surface area contributed by atoms with Gasteiger partial charge in [0, 0.05) is 25.5 Å². The second-order valence-corrected chi connectivity index (χ2v) is 3.33. The average molecular weight is 236 g/mol. The van der Waals surface area contributed by atoms with Gasteiger partial charge in [-0.15, -0.1) is 13.2 Å². The standard InChI is InChI=1S/C10H15F3N2O/c1-2-14-7-9-3-4-15(8-9)5-6-16-10(11,12)13/h3-4,8,14H,2,5-7H2,1H3. The molecule has 0 fully saturated rings. The molecule has 0 spiro atoms. The summed E-state index contributed by atoms with van der Waals surface area (Å²) in [6.45, 7) is 3.42. The van der Waals surface area contributed by atoms with Crippen molar-refractivity contribution < 1.29 is 17.9 Å². The van der Waals surface area contributed by atoms with Gasteiger partial charge >= 0.3 is 6.36 Å². The summed E-state index contributed by atoms with van der Waals surface area (Å²) in [5, 5.41) is 3.13. The number of hydrogen-bond acceptors (Lipinski definition) is 2. The second-order valence-electron chi connectivity index (χ2n) is 3.33. The van der Waals surface area contributed by atoms with Crippen molar-refractivity contribution in [2.45, 2.75) is 26.4 Å². The van der Waals surface area contributed by atoms with Crippen LogP contribution in [0.4, 0.5) is 13.2 Å². The minimum Gasteiger partial charge on any atom is -0.352 e. The van der Waals surface area contributed by atoms with Crippen molar-refractivity contribution in [3.63, 3.8) is 0 Å². The van der Waals surface area contributed by atoms with Crippen molar-refractivity contribution in [3.05, 3.63) is 24.0 Å². The Kier molecular flexibility index (Phi) is 4.82. The molecule has 0 aliphatic heterocycles. The molecule has 0 amide bonds. The molecule has 0 unspecified atom stereocenters. The molecule has 92 valence electrons. The summed E-state index contributed by atoms with van der Waals surface area (Å²) in [6.07, 6.45) is -0.992. The molecule has 1 aromatic heterocycles. The number of ether oxygens (including phenoxy) is 1. The fraction of sp³-hybridized carbons (Fsp3) is 0.600. The van der Waals surface area contributed by atoms with E-state index in [2.05, 4.69) is 10.1 Å². The Morgan fingerprint density at radius 1 is 1.44 bits per heavy atom. The lowest BCUT2D eigenvalue weighted by Crippen LogP contribution is -2.17. The van der Waals surface area contributed by atoms with Gasteiger partial charge in [-0.2, -0.15) is 0 Å². The minimum absolute atomic E-state index is 0.200. The SMILES string of the molecule is CCNCc1ccn(CCOC(F)(F)F)c1. The van der Waals surface area contributed by atoms with E-state index in [-0.39, 0.29) is 13.2 Å². The highest BCUT2D eigenvalue weighted by Gasteiger charge is 2.28. The Morgan fingerprint density at radius 2 is 2.19 bits per heavy atom. The van der Waals surface area contributed by atoms with Crippen molar-refractivity contribution in [2.24, 2.45) is 0 Å². The van der Waals surface area contributed by atoms with Crippen LogP contribution in [0.2, 0.25) is 0 Å². The Morgan fingerprint density at radius 3 is 2.81 bits per heavy atom. The molecule has 1 rings (SSSR count). The number of rotatable bonds is 6. The van der Waals surface area contributed by atoms with E-state index < -0.39 is 6.36 Å². The van der Waals surface area contributed by atoms with Gasteiger partial charge < -0.3 is 9.88 Å². The van der Waals surface area contributed by atoms with Crippen molar-refractivity contribution >= 4 is 0 Å². The van der Waals surface area contributed by atoms with Crippen LogP contribution in [-0.2, 0) is 17.8 Å².